The maximum atomic E-state index is 12.2. The first kappa shape index (κ1) is 24.8. The Balaban J connectivity index is 0.00000392. The molecule has 0 atom stereocenters. The average Bonchev–Trinajstić information content (AvgIpc) is 2.96. The number of rotatable bonds is 9. The highest BCUT2D eigenvalue weighted by molar-refractivity contribution is 14.0. The molecule has 0 amide bonds. The molecule has 3 N–H and O–H groups in total. The number of sulfonamides is 1. The summed E-state index contributed by atoms with van der Waals surface area (Å²) in [6.45, 7) is 7.70. The van der Waals surface area contributed by atoms with Gasteiger partial charge in [-0.2, -0.15) is 0 Å². The maximum Gasteiger partial charge on any atom is 0.213 e. The fraction of sp³-hybridized carbons (Fsp3) is 0.444. The van der Waals surface area contributed by atoms with Crippen molar-refractivity contribution in [2.24, 2.45) is 4.99 Å². The molecular formula is C18H28IN5O2S2. The molecule has 0 saturated heterocycles. The molecule has 1 heterocycles. The van der Waals surface area contributed by atoms with Crippen molar-refractivity contribution in [2.75, 3.05) is 18.8 Å². The Morgan fingerprint density at radius 3 is 2.50 bits per heavy atom. The Kier molecular flexibility index (Phi) is 10.9. The van der Waals surface area contributed by atoms with Gasteiger partial charge >= 0.3 is 0 Å². The van der Waals surface area contributed by atoms with Crippen LogP contribution in [-0.4, -0.2) is 38.2 Å². The number of thiazole rings is 1. The van der Waals surface area contributed by atoms with Crippen LogP contribution in [0.4, 0.5) is 0 Å². The molecule has 0 fully saturated rings. The Hall–Kier alpha value is -1.24. The van der Waals surface area contributed by atoms with Crippen molar-refractivity contribution < 1.29 is 8.42 Å². The Morgan fingerprint density at radius 1 is 1.18 bits per heavy atom. The van der Waals surface area contributed by atoms with Gasteiger partial charge in [0.15, 0.2) is 5.96 Å². The van der Waals surface area contributed by atoms with Gasteiger partial charge in [-0.15, -0.1) is 35.3 Å². The molecule has 0 radical (unpaired) electrons. The van der Waals surface area contributed by atoms with Gasteiger partial charge in [0.25, 0.3) is 0 Å². The summed E-state index contributed by atoms with van der Waals surface area (Å²) < 4.78 is 26.9. The highest BCUT2D eigenvalue weighted by atomic mass is 127. The Labute approximate surface area is 188 Å². The summed E-state index contributed by atoms with van der Waals surface area (Å²) in [6.07, 6.45) is 0. The van der Waals surface area contributed by atoms with E-state index in [2.05, 4.69) is 25.3 Å². The van der Waals surface area contributed by atoms with E-state index in [-0.39, 0.29) is 36.3 Å². The normalized spacial score (nSPS) is 11.8. The number of hydrogen-bond donors (Lipinski definition) is 3. The van der Waals surface area contributed by atoms with Crippen LogP contribution < -0.4 is 15.4 Å². The van der Waals surface area contributed by atoms with E-state index >= 15 is 0 Å². The molecule has 156 valence electrons. The lowest BCUT2D eigenvalue weighted by Crippen LogP contribution is -2.41. The maximum absolute atomic E-state index is 12.2. The molecule has 28 heavy (non-hydrogen) atoms. The lowest BCUT2D eigenvalue weighted by molar-refractivity contribution is 0.580. The minimum atomic E-state index is -3.36. The van der Waals surface area contributed by atoms with Crippen LogP contribution in [0.1, 0.15) is 28.1 Å². The van der Waals surface area contributed by atoms with Gasteiger partial charge in [-0.3, -0.25) is 0 Å². The van der Waals surface area contributed by atoms with Crippen LogP contribution in [-0.2, 0) is 23.1 Å². The predicted molar refractivity (Wildman–Crippen MR) is 127 cm³/mol. The third kappa shape index (κ3) is 8.84. The molecule has 2 rings (SSSR count). The van der Waals surface area contributed by atoms with Crippen LogP contribution in [0.3, 0.4) is 0 Å². The van der Waals surface area contributed by atoms with E-state index < -0.39 is 10.0 Å². The first-order chi connectivity index (χ1) is 12.9. The van der Waals surface area contributed by atoms with Gasteiger partial charge in [0.1, 0.15) is 0 Å². The summed E-state index contributed by atoms with van der Waals surface area (Å²) in [5, 5.41) is 7.23. The van der Waals surface area contributed by atoms with Gasteiger partial charge in [-0.05, 0) is 26.3 Å². The number of aliphatic imine (C=N–C) groups is 1. The Morgan fingerprint density at radius 2 is 1.89 bits per heavy atom. The summed E-state index contributed by atoms with van der Waals surface area (Å²) >= 11 is 1.63. The standard InChI is InChI=1S/C18H27N5O2S2.HI/c1-4-19-18(21-13-17-14(2)23-15(3)26-17)20-10-11-27(24,25)22-12-16-8-6-5-7-9-16;/h5-9,22H,4,10-13H2,1-3H3,(H2,19,20,21);1H. The second-order valence-corrected chi connectivity index (χ2v) is 9.20. The minimum Gasteiger partial charge on any atom is -0.357 e. The number of halogens is 1. The van der Waals surface area contributed by atoms with Crippen molar-refractivity contribution >= 4 is 51.3 Å². The molecule has 0 bridgehead atoms. The van der Waals surface area contributed by atoms with E-state index in [9.17, 15) is 8.42 Å². The van der Waals surface area contributed by atoms with Gasteiger partial charge in [0.2, 0.25) is 10.0 Å². The highest BCUT2D eigenvalue weighted by Gasteiger charge is 2.10. The van der Waals surface area contributed by atoms with E-state index in [1.54, 1.807) is 11.3 Å². The quantitative estimate of drug-likeness (QED) is 0.260. The smallest absolute Gasteiger partial charge is 0.213 e. The number of nitrogens with zero attached hydrogens (tertiary/aromatic N) is 2. The molecule has 0 spiro atoms. The van der Waals surface area contributed by atoms with Crippen molar-refractivity contribution in [2.45, 2.75) is 33.9 Å². The summed E-state index contributed by atoms with van der Waals surface area (Å²) in [5.41, 5.74) is 1.92. The molecule has 0 aliphatic heterocycles. The summed E-state index contributed by atoms with van der Waals surface area (Å²) in [5.74, 6) is 0.573. The fourth-order valence-corrected chi connectivity index (χ4v) is 4.14. The van der Waals surface area contributed by atoms with Gasteiger partial charge in [0, 0.05) is 24.5 Å². The van der Waals surface area contributed by atoms with E-state index in [0.717, 1.165) is 21.1 Å². The minimum absolute atomic E-state index is 0. The molecule has 1 aromatic heterocycles. The zero-order valence-electron chi connectivity index (χ0n) is 16.4. The number of hydrogen-bond acceptors (Lipinski definition) is 5. The molecule has 10 heteroatoms. The van der Waals surface area contributed by atoms with Crippen molar-refractivity contribution in [1.29, 1.82) is 0 Å². The molecule has 1 aromatic carbocycles. The SMILES string of the molecule is CCNC(=NCc1sc(C)nc1C)NCCS(=O)(=O)NCc1ccccc1.I. The predicted octanol–water partition coefficient (Wildman–Crippen LogP) is 2.55. The number of aryl methyl sites for hydroxylation is 2. The lowest BCUT2D eigenvalue weighted by atomic mass is 10.2. The van der Waals surface area contributed by atoms with Crippen molar-refractivity contribution in [3.05, 3.63) is 51.5 Å². The largest absolute Gasteiger partial charge is 0.357 e. The van der Waals surface area contributed by atoms with Crippen LogP contribution in [0.25, 0.3) is 0 Å². The Bertz CT molecular complexity index is 854. The van der Waals surface area contributed by atoms with Gasteiger partial charge in [0.05, 0.1) is 23.0 Å². The third-order valence-corrected chi connectivity index (χ3v) is 6.11. The molecule has 0 aliphatic carbocycles. The first-order valence-electron chi connectivity index (χ1n) is 8.86. The van der Waals surface area contributed by atoms with E-state index in [1.165, 1.54) is 0 Å². The van der Waals surface area contributed by atoms with Crippen LogP contribution in [0.2, 0.25) is 0 Å². The number of benzene rings is 1. The summed E-state index contributed by atoms with van der Waals surface area (Å²) in [6, 6.07) is 9.45. The van der Waals surface area contributed by atoms with Gasteiger partial charge < -0.3 is 10.6 Å². The topological polar surface area (TPSA) is 95.5 Å². The zero-order chi connectivity index (χ0) is 19.7. The molecule has 2 aromatic rings. The number of nitrogens with one attached hydrogen (secondary N) is 3. The van der Waals surface area contributed by atoms with Gasteiger partial charge in [-0.1, -0.05) is 30.3 Å². The number of guanidine groups is 1. The van der Waals surface area contributed by atoms with Crippen LogP contribution in [0.5, 0.6) is 0 Å². The highest BCUT2D eigenvalue weighted by Crippen LogP contribution is 2.17. The van der Waals surface area contributed by atoms with Gasteiger partial charge in [-0.25, -0.2) is 23.1 Å². The van der Waals surface area contributed by atoms with Crippen LogP contribution in [0.15, 0.2) is 35.3 Å². The monoisotopic (exact) mass is 537 g/mol. The molecule has 0 unspecified atom stereocenters. The lowest BCUT2D eigenvalue weighted by Gasteiger charge is -2.12. The molecule has 0 aliphatic rings. The van der Waals surface area contributed by atoms with Crippen LogP contribution >= 0.6 is 35.3 Å². The number of aromatic nitrogens is 1. The average molecular weight is 537 g/mol. The summed E-state index contributed by atoms with van der Waals surface area (Å²) in [4.78, 5) is 10.0. The van der Waals surface area contributed by atoms with Crippen molar-refractivity contribution in [3.8, 4) is 0 Å². The molecule has 7 nitrogen and oxygen atoms in total. The van der Waals surface area contributed by atoms with E-state index in [4.69, 9.17) is 0 Å². The van der Waals surface area contributed by atoms with E-state index in [0.29, 0.717) is 25.6 Å². The van der Waals surface area contributed by atoms with Crippen molar-refractivity contribution in [1.82, 2.24) is 20.3 Å². The zero-order valence-corrected chi connectivity index (χ0v) is 20.3. The van der Waals surface area contributed by atoms with Crippen LogP contribution in [0, 0.1) is 13.8 Å². The molecular weight excluding hydrogens is 509 g/mol. The second-order valence-electron chi connectivity index (χ2n) is 5.99. The summed E-state index contributed by atoms with van der Waals surface area (Å²) in [7, 11) is -3.36. The second kappa shape index (κ2) is 12.3. The third-order valence-electron chi connectivity index (χ3n) is 3.73. The van der Waals surface area contributed by atoms with E-state index in [1.807, 2.05) is 51.1 Å². The molecule has 0 saturated carbocycles. The fourth-order valence-electron chi connectivity index (χ4n) is 2.38. The first-order valence-corrected chi connectivity index (χ1v) is 11.3. The van der Waals surface area contributed by atoms with Crippen molar-refractivity contribution in [3.63, 3.8) is 0 Å².